The summed E-state index contributed by atoms with van der Waals surface area (Å²) in [5.41, 5.74) is -2.58. The second-order valence-corrected chi connectivity index (χ2v) is 13.2. The predicted molar refractivity (Wildman–Crippen MR) is 128 cm³/mol. The molecule has 0 aromatic rings. The quantitative estimate of drug-likeness (QED) is 0.319. The van der Waals surface area contributed by atoms with Crippen LogP contribution < -0.4 is 0 Å². The van der Waals surface area contributed by atoms with Crippen LogP contribution in [0.4, 0.5) is 13.6 Å². The van der Waals surface area contributed by atoms with Gasteiger partial charge in [-0.15, -0.1) is 0 Å². The fourth-order valence-electron chi connectivity index (χ4n) is 7.00. The maximum Gasteiger partial charge on any atom is 0.508 e. The molecule has 0 aromatic carbocycles. The summed E-state index contributed by atoms with van der Waals surface area (Å²) >= 11 is 0. The maximum absolute atomic E-state index is 13.6. The van der Waals surface area contributed by atoms with Crippen molar-refractivity contribution in [1.82, 2.24) is 0 Å². The zero-order valence-corrected chi connectivity index (χ0v) is 23.1. The summed E-state index contributed by atoms with van der Waals surface area (Å²) in [6.07, 6.45) is 1.69. The van der Waals surface area contributed by atoms with E-state index in [4.69, 9.17) is 28.4 Å². The van der Waals surface area contributed by atoms with E-state index in [0.717, 1.165) is 6.42 Å². The van der Waals surface area contributed by atoms with Gasteiger partial charge in [-0.05, 0) is 78.6 Å². The molecule has 38 heavy (non-hydrogen) atoms. The molecule has 0 N–H and O–H groups in total. The maximum atomic E-state index is 13.6. The minimum Gasteiger partial charge on any atom is -0.460 e. The lowest BCUT2D eigenvalue weighted by molar-refractivity contribution is -0.305. The highest BCUT2D eigenvalue weighted by atomic mass is 19.3. The molecule has 9 nitrogen and oxygen atoms in total. The number of carbonyl (C=O) groups excluding carboxylic acids is 3. The molecular weight excluding hydrogens is 506 g/mol. The van der Waals surface area contributed by atoms with Gasteiger partial charge in [0.15, 0.2) is 5.79 Å². The Morgan fingerprint density at radius 2 is 1.42 bits per heavy atom. The highest BCUT2D eigenvalue weighted by Gasteiger charge is 2.62. The van der Waals surface area contributed by atoms with Crippen molar-refractivity contribution in [3.63, 3.8) is 0 Å². The predicted octanol–water partition coefficient (Wildman–Crippen LogP) is 5.07. The molecule has 0 amide bonds. The van der Waals surface area contributed by atoms with E-state index in [9.17, 15) is 23.2 Å². The van der Waals surface area contributed by atoms with Crippen LogP contribution in [-0.2, 0) is 38.0 Å². The molecule has 1 saturated heterocycles. The Morgan fingerprint density at radius 3 is 1.97 bits per heavy atom. The Morgan fingerprint density at radius 1 is 0.868 bits per heavy atom. The lowest BCUT2D eigenvalue weighted by Crippen LogP contribution is -2.62. The van der Waals surface area contributed by atoms with E-state index < -0.39 is 58.8 Å². The highest BCUT2D eigenvalue weighted by molar-refractivity contribution is 5.77. The van der Waals surface area contributed by atoms with Gasteiger partial charge in [0, 0.05) is 19.8 Å². The van der Waals surface area contributed by atoms with Crippen LogP contribution in [0.25, 0.3) is 0 Å². The average Bonchev–Trinajstić information content (AvgIpc) is 2.67. The van der Waals surface area contributed by atoms with Gasteiger partial charge in [-0.2, -0.15) is 8.78 Å². The molecule has 4 bridgehead atoms. The molecule has 4 unspecified atom stereocenters. The molecule has 4 saturated carbocycles. The number of halogens is 2. The molecule has 5 aliphatic rings. The van der Waals surface area contributed by atoms with Gasteiger partial charge in [0.1, 0.15) is 23.4 Å². The minimum absolute atomic E-state index is 0.0362. The van der Waals surface area contributed by atoms with E-state index >= 15 is 0 Å². The summed E-state index contributed by atoms with van der Waals surface area (Å²) in [4.78, 5) is 37.1. The average molecular weight is 547 g/mol. The van der Waals surface area contributed by atoms with Crippen molar-refractivity contribution in [2.24, 2.45) is 11.8 Å². The third-order valence-corrected chi connectivity index (χ3v) is 7.55. The normalized spacial score (nSPS) is 35.9. The van der Waals surface area contributed by atoms with Crippen LogP contribution in [0.5, 0.6) is 0 Å². The van der Waals surface area contributed by atoms with Crippen LogP contribution >= 0.6 is 0 Å². The third kappa shape index (κ3) is 7.14. The Kier molecular flexibility index (Phi) is 7.53. The van der Waals surface area contributed by atoms with Gasteiger partial charge < -0.3 is 28.4 Å². The van der Waals surface area contributed by atoms with Gasteiger partial charge in [0.2, 0.25) is 0 Å². The summed E-state index contributed by atoms with van der Waals surface area (Å²) in [7, 11) is 0. The van der Waals surface area contributed by atoms with Crippen LogP contribution in [0.1, 0.15) is 92.9 Å². The van der Waals surface area contributed by atoms with Gasteiger partial charge in [-0.1, -0.05) is 0 Å². The molecule has 216 valence electrons. The lowest BCUT2D eigenvalue weighted by atomic mass is 9.52. The van der Waals surface area contributed by atoms with Crippen molar-refractivity contribution in [2.45, 2.75) is 134 Å². The summed E-state index contributed by atoms with van der Waals surface area (Å²) in [6.45, 7) is 9.22. The van der Waals surface area contributed by atoms with Crippen LogP contribution in [-0.4, -0.2) is 65.4 Å². The van der Waals surface area contributed by atoms with Crippen LogP contribution in [0.3, 0.4) is 0 Å². The molecule has 0 aromatic heterocycles. The zero-order valence-electron chi connectivity index (χ0n) is 23.1. The largest absolute Gasteiger partial charge is 0.508 e. The summed E-state index contributed by atoms with van der Waals surface area (Å²) < 4.78 is 60.9. The van der Waals surface area contributed by atoms with E-state index in [1.165, 1.54) is 0 Å². The Balaban J connectivity index is 1.33. The van der Waals surface area contributed by atoms with E-state index in [1.54, 1.807) is 34.6 Å². The first kappa shape index (κ1) is 29.0. The number of esters is 2. The van der Waals surface area contributed by atoms with Gasteiger partial charge in [-0.25, -0.2) is 9.59 Å². The minimum atomic E-state index is -3.59. The smallest absolute Gasteiger partial charge is 0.460 e. The number of carbonyl (C=O) groups is 3. The molecule has 5 fully saturated rings. The summed E-state index contributed by atoms with van der Waals surface area (Å²) in [5.74, 6) is -6.28. The van der Waals surface area contributed by atoms with Crippen molar-refractivity contribution in [2.75, 3.05) is 6.61 Å². The second-order valence-electron chi connectivity index (χ2n) is 13.2. The molecular formula is C27H40F2O9. The molecule has 1 heterocycles. The van der Waals surface area contributed by atoms with Crippen molar-refractivity contribution in [3.8, 4) is 0 Å². The molecule has 11 heteroatoms. The van der Waals surface area contributed by atoms with E-state index in [0.29, 0.717) is 39.0 Å². The molecule has 4 atom stereocenters. The van der Waals surface area contributed by atoms with Crippen molar-refractivity contribution in [1.29, 1.82) is 0 Å². The lowest BCUT2D eigenvalue weighted by Gasteiger charge is -2.59. The Hall–Kier alpha value is -2.01. The van der Waals surface area contributed by atoms with E-state index in [1.807, 2.05) is 0 Å². The van der Waals surface area contributed by atoms with Crippen molar-refractivity contribution in [3.05, 3.63) is 0 Å². The number of alkyl halides is 2. The fraction of sp³-hybridized carbons (Fsp3) is 0.889. The van der Waals surface area contributed by atoms with Crippen molar-refractivity contribution < 1.29 is 51.6 Å². The summed E-state index contributed by atoms with van der Waals surface area (Å²) in [6, 6.07) is 0. The van der Waals surface area contributed by atoms with Crippen LogP contribution in [0.2, 0.25) is 0 Å². The SMILES string of the molecule is CC(C)(C)OC(=O)CC1CC(COC(=O)OC23CC4CC(C2)CC(OC(=O)C(C)(F)F)(C4)C3)OC(C)(C)O1. The zero-order chi connectivity index (χ0) is 28.1. The first-order valence-corrected chi connectivity index (χ1v) is 13.4. The van der Waals surface area contributed by atoms with E-state index in [2.05, 4.69) is 0 Å². The van der Waals surface area contributed by atoms with E-state index in [-0.39, 0.29) is 31.3 Å². The number of hydrogen-bond donors (Lipinski definition) is 0. The molecule has 0 radical (unpaired) electrons. The monoisotopic (exact) mass is 546 g/mol. The first-order chi connectivity index (χ1) is 17.4. The van der Waals surface area contributed by atoms with Gasteiger partial charge in [-0.3, -0.25) is 4.79 Å². The number of rotatable bonds is 7. The number of hydrogen-bond acceptors (Lipinski definition) is 9. The van der Waals surface area contributed by atoms with Gasteiger partial charge in [0.05, 0.1) is 18.6 Å². The number of ether oxygens (including phenoxy) is 6. The molecule has 0 spiro atoms. The Labute approximate surface area is 222 Å². The summed E-state index contributed by atoms with van der Waals surface area (Å²) in [5, 5.41) is 0. The van der Waals surface area contributed by atoms with Crippen LogP contribution in [0.15, 0.2) is 0 Å². The molecule has 4 aliphatic carbocycles. The fourth-order valence-corrected chi connectivity index (χ4v) is 7.00. The third-order valence-electron chi connectivity index (χ3n) is 7.55. The standard InChI is InChI=1S/C27H40F2O9/c1-23(2,3)36-20(30)9-18-8-19(35-24(4,5)34-18)14-33-22(32)38-27-12-16-7-17(13-27)11-26(10-16,15-27)37-21(31)25(6,28)29/h16-19H,7-15H2,1-6H3. The highest BCUT2D eigenvalue weighted by Crippen LogP contribution is 2.60. The Bertz CT molecular complexity index is 922. The molecule has 1 aliphatic heterocycles. The van der Waals surface area contributed by atoms with Crippen LogP contribution in [0, 0.1) is 11.8 Å². The molecule has 5 rings (SSSR count). The topological polar surface area (TPSA) is 107 Å². The second kappa shape index (κ2) is 9.87. The van der Waals surface area contributed by atoms with Crippen molar-refractivity contribution >= 4 is 18.1 Å². The van der Waals surface area contributed by atoms with Gasteiger partial charge >= 0.3 is 24.0 Å². The first-order valence-electron chi connectivity index (χ1n) is 13.4. The van der Waals surface area contributed by atoms with Gasteiger partial charge in [0.25, 0.3) is 0 Å².